The third-order valence-corrected chi connectivity index (χ3v) is 4.85. The maximum absolute atomic E-state index is 6.01. The van der Waals surface area contributed by atoms with Crippen molar-refractivity contribution in [1.29, 1.82) is 0 Å². The van der Waals surface area contributed by atoms with Crippen molar-refractivity contribution < 1.29 is 28.4 Å². The van der Waals surface area contributed by atoms with E-state index in [1.807, 2.05) is 34.0 Å². The normalized spacial score (nSPS) is 42.3. The molecule has 3 rings (SSSR count). The van der Waals surface area contributed by atoms with Crippen LogP contribution in [0, 0.1) is 0 Å². The number of hydrogen-bond donors (Lipinski definition) is 0. The topological polar surface area (TPSA) is 55.4 Å². The summed E-state index contributed by atoms with van der Waals surface area (Å²) in [6.07, 6.45) is 0.0796. The van der Waals surface area contributed by atoms with E-state index in [4.69, 9.17) is 40.6 Å². The monoisotopic (exact) mass is 350 g/mol. The average Bonchev–Trinajstić information content (AvgIpc) is 3.01. The number of hydrogen-bond acceptors (Lipinski definition) is 8. The van der Waals surface area contributed by atoms with E-state index >= 15 is 0 Å². The molecule has 3 aliphatic rings. The van der Waals surface area contributed by atoms with Crippen molar-refractivity contribution in [3.63, 3.8) is 0 Å². The van der Waals surface area contributed by atoms with Gasteiger partial charge < -0.3 is 28.4 Å². The van der Waals surface area contributed by atoms with Crippen molar-refractivity contribution in [2.24, 2.45) is 0 Å². The Bertz CT molecular complexity index is 455. The zero-order valence-electron chi connectivity index (χ0n) is 13.4. The molecule has 0 aromatic heterocycles. The van der Waals surface area contributed by atoms with Crippen LogP contribution in [0.5, 0.6) is 0 Å². The molecule has 0 N–H and O–H groups in total. The fourth-order valence-corrected chi connectivity index (χ4v) is 3.29. The van der Waals surface area contributed by atoms with Gasteiger partial charge in [0.1, 0.15) is 12.2 Å². The van der Waals surface area contributed by atoms with Gasteiger partial charge in [-0.2, -0.15) is 0 Å². The number of fused-ring (bicyclic) bond motifs is 1. The number of thioether (sulfide) groups is 1. The molecular formula is C14H22O6S2. The summed E-state index contributed by atoms with van der Waals surface area (Å²) in [6.45, 7) is 7.90. The summed E-state index contributed by atoms with van der Waals surface area (Å²) in [5.74, 6) is -1.33. The molecule has 0 unspecified atom stereocenters. The fraction of sp³-hybridized carbons (Fsp3) is 0.929. The smallest absolute Gasteiger partial charge is 0.220 e. The summed E-state index contributed by atoms with van der Waals surface area (Å²) in [6, 6.07) is 0. The third kappa shape index (κ3) is 3.28. The highest BCUT2D eigenvalue weighted by Gasteiger charge is 2.59. The molecule has 0 bridgehead atoms. The molecule has 0 amide bonds. The first kappa shape index (κ1) is 16.9. The lowest BCUT2D eigenvalue weighted by Crippen LogP contribution is -2.44. The van der Waals surface area contributed by atoms with E-state index in [-0.39, 0.29) is 24.4 Å². The van der Waals surface area contributed by atoms with E-state index < -0.39 is 17.9 Å². The number of rotatable bonds is 2. The van der Waals surface area contributed by atoms with Crippen molar-refractivity contribution in [3.8, 4) is 0 Å². The van der Waals surface area contributed by atoms with Gasteiger partial charge in [0.15, 0.2) is 30.1 Å². The molecule has 5 atom stereocenters. The Labute approximate surface area is 140 Å². The van der Waals surface area contributed by atoms with E-state index in [1.165, 1.54) is 11.8 Å². The molecule has 0 aromatic rings. The highest BCUT2D eigenvalue weighted by molar-refractivity contribution is 8.22. The summed E-state index contributed by atoms with van der Waals surface area (Å²) < 4.78 is 35.6. The van der Waals surface area contributed by atoms with E-state index in [1.54, 1.807) is 0 Å². The summed E-state index contributed by atoms with van der Waals surface area (Å²) in [5.41, 5.74) is 0. The molecule has 0 spiro atoms. The highest BCUT2D eigenvalue weighted by Crippen LogP contribution is 2.42. The quantitative estimate of drug-likeness (QED) is 0.702. The first-order valence-electron chi connectivity index (χ1n) is 7.28. The van der Waals surface area contributed by atoms with Gasteiger partial charge in [0.05, 0.1) is 6.61 Å². The van der Waals surface area contributed by atoms with Crippen LogP contribution in [0.1, 0.15) is 27.7 Å². The maximum atomic E-state index is 6.01. The SMILES string of the molecule is CSC(=S)O[C@@H]1[C@H]2OC(C)(C)O[C@H]2O[C@@H]1[C@H]1COC(C)(C)O1. The highest BCUT2D eigenvalue weighted by atomic mass is 32.2. The minimum absolute atomic E-state index is 0.245. The second-order valence-corrected chi connectivity index (χ2v) is 7.88. The second-order valence-electron chi connectivity index (χ2n) is 6.47. The van der Waals surface area contributed by atoms with Crippen LogP contribution < -0.4 is 0 Å². The number of thiocarbonyl (C=S) groups is 1. The van der Waals surface area contributed by atoms with Crippen LogP contribution in [0.15, 0.2) is 0 Å². The zero-order chi connectivity index (χ0) is 16.1. The Morgan fingerprint density at radius 1 is 1.09 bits per heavy atom. The molecule has 0 saturated carbocycles. The van der Waals surface area contributed by atoms with Crippen LogP contribution in [0.4, 0.5) is 0 Å². The van der Waals surface area contributed by atoms with Gasteiger partial charge in [-0.1, -0.05) is 11.8 Å². The first-order valence-corrected chi connectivity index (χ1v) is 8.91. The summed E-state index contributed by atoms with van der Waals surface area (Å²) in [4.78, 5) is 0. The summed E-state index contributed by atoms with van der Waals surface area (Å²) in [7, 11) is 0. The van der Waals surface area contributed by atoms with Gasteiger partial charge >= 0.3 is 0 Å². The van der Waals surface area contributed by atoms with Gasteiger partial charge in [-0.25, -0.2) is 0 Å². The van der Waals surface area contributed by atoms with E-state index in [2.05, 4.69) is 0 Å². The van der Waals surface area contributed by atoms with Crippen LogP contribution in [0.25, 0.3) is 0 Å². The lowest BCUT2D eigenvalue weighted by Gasteiger charge is -2.29. The Morgan fingerprint density at radius 2 is 1.82 bits per heavy atom. The lowest BCUT2D eigenvalue weighted by atomic mass is 10.1. The largest absolute Gasteiger partial charge is 0.469 e. The van der Waals surface area contributed by atoms with Crippen LogP contribution in [0.2, 0.25) is 0 Å². The standard InChI is InChI=1S/C14H22O6S2/c1-13(2)15-6-7(18-13)8-9(17-12(21)22-5)10-11(16-8)20-14(3,4)19-10/h7-11H,6H2,1-5H3/t7-,8-,9+,10-,11-/m1/s1. The Kier molecular flexibility index (Phi) is 4.48. The zero-order valence-corrected chi connectivity index (χ0v) is 15.0. The molecular weight excluding hydrogens is 328 g/mol. The Balaban J connectivity index is 1.76. The molecule has 3 aliphatic heterocycles. The molecule has 3 saturated heterocycles. The van der Waals surface area contributed by atoms with E-state index in [9.17, 15) is 0 Å². The van der Waals surface area contributed by atoms with Gasteiger partial charge in [-0.3, -0.25) is 0 Å². The first-order chi connectivity index (χ1) is 10.2. The van der Waals surface area contributed by atoms with Gasteiger partial charge in [0.2, 0.25) is 4.38 Å². The lowest BCUT2D eigenvalue weighted by molar-refractivity contribution is -0.230. The van der Waals surface area contributed by atoms with Crippen molar-refractivity contribution in [3.05, 3.63) is 0 Å². The molecule has 0 aromatic carbocycles. The summed E-state index contributed by atoms with van der Waals surface area (Å²) >= 11 is 6.57. The van der Waals surface area contributed by atoms with Crippen molar-refractivity contribution in [2.45, 2.75) is 70.0 Å². The molecule has 3 fully saturated rings. The van der Waals surface area contributed by atoms with Gasteiger partial charge in [-0.05, 0) is 46.2 Å². The molecule has 3 heterocycles. The van der Waals surface area contributed by atoms with Crippen LogP contribution in [0.3, 0.4) is 0 Å². The molecule has 22 heavy (non-hydrogen) atoms. The third-order valence-electron chi connectivity index (χ3n) is 3.82. The Morgan fingerprint density at radius 3 is 2.41 bits per heavy atom. The van der Waals surface area contributed by atoms with Gasteiger partial charge in [-0.15, -0.1) is 0 Å². The van der Waals surface area contributed by atoms with Crippen molar-refractivity contribution >= 4 is 28.4 Å². The fourth-order valence-electron chi connectivity index (χ4n) is 2.97. The van der Waals surface area contributed by atoms with Crippen molar-refractivity contribution in [2.75, 3.05) is 12.9 Å². The minimum atomic E-state index is -0.699. The molecule has 0 radical (unpaired) electrons. The van der Waals surface area contributed by atoms with E-state index in [0.717, 1.165) is 0 Å². The van der Waals surface area contributed by atoms with Crippen LogP contribution in [-0.4, -0.2) is 59.5 Å². The van der Waals surface area contributed by atoms with E-state index in [0.29, 0.717) is 11.0 Å². The minimum Gasteiger partial charge on any atom is -0.469 e. The van der Waals surface area contributed by atoms with Gasteiger partial charge in [0, 0.05) is 0 Å². The predicted molar refractivity (Wildman–Crippen MR) is 84.6 cm³/mol. The molecule has 0 aliphatic carbocycles. The maximum Gasteiger partial charge on any atom is 0.220 e. The average molecular weight is 350 g/mol. The van der Waals surface area contributed by atoms with Crippen LogP contribution in [-0.2, 0) is 28.4 Å². The summed E-state index contributed by atoms with van der Waals surface area (Å²) in [5, 5.41) is 0. The molecule has 8 heteroatoms. The predicted octanol–water partition coefficient (Wildman–Crippen LogP) is 2.05. The van der Waals surface area contributed by atoms with Crippen molar-refractivity contribution in [1.82, 2.24) is 0 Å². The Hall–Kier alpha value is 0.0400. The molecule has 6 nitrogen and oxygen atoms in total. The van der Waals surface area contributed by atoms with Gasteiger partial charge in [0.25, 0.3) is 0 Å². The van der Waals surface area contributed by atoms with Crippen LogP contribution >= 0.6 is 24.0 Å². The molecule has 126 valence electrons. The second kappa shape index (κ2) is 5.84. The number of ether oxygens (including phenoxy) is 6.